The minimum absolute atomic E-state index is 0.0338. The van der Waals surface area contributed by atoms with Gasteiger partial charge in [-0.1, -0.05) is 5.21 Å². The largest absolute Gasteiger partial charge is 0.487 e. The Labute approximate surface area is 168 Å². The highest BCUT2D eigenvalue weighted by molar-refractivity contribution is 7.91. The second-order valence-electron chi connectivity index (χ2n) is 5.84. The molecule has 3 aromatic rings. The fourth-order valence-electron chi connectivity index (χ4n) is 2.25. The topological polar surface area (TPSA) is 179 Å². The van der Waals surface area contributed by atoms with E-state index in [1.807, 2.05) is 0 Å². The van der Waals surface area contributed by atoms with Crippen LogP contribution in [0.15, 0.2) is 28.7 Å². The number of hydrogen-bond acceptors (Lipinski definition) is 9. The number of fused-ring (bicyclic) bond motifs is 1. The molecule has 0 saturated heterocycles. The Hall–Kier alpha value is -3.10. The number of nitrogens with two attached hydrogens (primary N) is 1. The average Bonchev–Trinajstić information content (AvgIpc) is 3.25. The van der Waals surface area contributed by atoms with Crippen molar-refractivity contribution in [3.8, 4) is 5.75 Å². The highest BCUT2D eigenvalue weighted by Gasteiger charge is 2.15. The van der Waals surface area contributed by atoms with Gasteiger partial charge in [-0.15, -0.1) is 16.4 Å². The minimum Gasteiger partial charge on any atom is -0.487 e. The fourth-order valence-corrected chi connectivity index (χ4v) is 3.93. The Morgan fingerprint density at radius 1 is 1.34 bits per heavy atom. The van der Waals surface area contributed by atoms with E-state index >= 15 is 0 Å². The molecule has 1 aromatic carbocycles. The number of carbonyl (C=O) groups is 2. The number of primary sulfonamides is 1. The van der Waals surface area contributed by atoms with Crippen molar-refractivity contribution in [3.05, 3.63) is 30.1 Å². The number of carboxylic acid groups (broad SMARTS) is 1. The van der Waals surface area contributed by atoms with Gasteiger partial charge in [-0.3, -0.25) is 9.59 Å². The molecule has 0 radical (unpaired) electrons. The first-order valence-electron chi connectivity index (χ1n) is 8.14. The number of carbonyl (C=O) groups excluding carboxylic acids is 1. The van der Waals surface area contributed by atoms with E-state index < -0.39 is 16.0 Å². The molecule has 0 bridgehead atoms. The number of amides is 1. The summed E-state index contributed by atoms with van der Waals surface area (Å²) in [5, 5.41) is 23.8. The summed E-state index contributed by atoms with van der Waals surface area (Å²) >= 11 is 0.942. The van der Waals surface area contributed by atoms with Crippen molar-refractivity contribution in [1.82, 2.24) is 25.3 Å². The zero-order chi connectivity index (χ0) is 21.0. The molecule has 0 aliphatic rings. The number of benzene rings is 1. The van der Waals surface area contributed by atoms with E-state index in [2.05, 4.69) is 20.6 Å². The molecule has 0 fully saturated rings. The lowest BCUT2D eigenvalue weighted by molar-refractivity contribution is -0.136. The molecule has 3 rings (SSSR count). The van der Waals surface area contributed by atoms with Gasteiger partial charge in [-0.25, -0.2) is 23.2 Å². The number of carboxylic acids is 1. The van der Waals surface area contributed by atoms with Gasteiger partial charge in [0.15, 0.2) is 0 Å². The van der Waals surface area contributed by atoms with E-state index in [1.54, 1.807) is 18.2 Å². The van der Waals surface area contributed by atoms with Gasteiger partial charge < -0.3 is 15.2 Å². The predicted octanol–water partition coefficient (Wildman–Crippen LogP) is -0.295. The van der Waals surface area contributed by atoms with Crippen molar-refractivity contribution in [1.29, 1.82) is 0 Å². The molecule has 2 aromatic heterocycles. The fraction of sp³-hybridized carbons (Fsp3) is 0.267. The predicted molar refractivity (Wildman–Crippen MR) is 101 cm³/mol. The number of ether oxygens (including phenoxy) is 1. The van der Waals surface area contributed by atoms with E-state index in [9.17, 15) is 18.0 Å². The van der Waals surface area contributed by atoms with Gasteiger partial charge in [0.2, 0.25) is 10.2 Å². The lowest BCUT2D eigenvalue weighted by Gasteiger charge is -2.03. The van der Waals surface area contributed by atoms with Gasteiger partial charge in [-0.05, 0) is 18.2 Å². The first kappa shape index (κ1) is 20.6. The summed E-state index contributed by atoms with van der Waals surface area (Å²) in [6, 6.07) is 4.89. The maximum absolute atomic E-state index is 11.7. The molecule has 29 heavy (non-hydrogen) atoms. The van der Waals surface area contributed by atoms with Crippen LogP contribution in [-0.4, -0.2) is 51.9 Å². The minimum atomic E-state index is -3.87. The summed E-state index contributed by atoms with van der Waals surface area (Å²) in [5.74, 6) is -0.907. The number of aromatic nitrogens is 4. The van der Waals surface area contributed by atoms with Crippen molar-refractivity contribution in [2.45, 2.75) is 23.9 Å². The van der Waals surface area contributed by atoms with E-state index in [0.717, 1.165) is 11.3 Å². The van der Waals surface area contributed by atoms with Crippen LogP contribution in [0.2, 0.25) is 0 Å². The van der Waals surface area contributed by atoms with Crippen molar-refractivity contribution < 1.29 is 27.9 Å². The number of sulfonamides is 1. The third kappa shape index (κ3) is 5.69. The van der Waals surface area contributed by atoms with Crippen LogP contribution in [0.25, 0.3) is 10.2 Å². The lowest BCUT2D eigenvalue weighted by atomic mass is 10.3. The van der Waals surface area contributed by atoms with Gasteiger partial charge >= 0.3 is 5.97 Å². The maximum Gasteiger partial charge on any atom is 0.305 e. The molecule has 0 aliphatic carbocycles. The van der Waals surface area contributed by atoms with Crippen LogP contribution in [0.3, 0.4) is 0 Å². The van der Waals surface area contributed by atoms with Gasteiger partial charge in [0.1, 0.15) is 24.6 Å². The summed E-state index contributed by atoms with van der Waals surface area (Å²) < 4.78 is 30.1. The number of rotatable bonds is 9. The van der Waals surface area contributed by atoms with Crippen LogP contribution in [0.4, 0.5) is 0 Å². The van der Waals surface area contributed by atoms with Gasteiger partial charge in [0.05, 0.1) is 22.8 Å². The van der Waals surface area contributed by atoms with Crippen molar-refractivity contribution in [3.63, 3.8) is 0 Å². The lowest BCUT2D eigenvalue weighted by Crippen LogP contribution is -2.29. The van der Waals surface area contributed by atoms with Crippen LogP contribution in [-0.2, 0) is 32.8 Å². The molecule has 0 atom stereocenters. The van der Waals surface area contributed by atoms with E-state index in [-0.39, 0.29) is 36.4 Å². The van der Waals surface area contributed by atoms with Gasteiger partial charge in [-0.2, -0.15) is 0 Å². The van der Waals surface area contributed by atoms with E-state index in [0.29, 0.717) is 21.7 Å². The smallest absolute Gasteiger partial charge is 0.305 e. The first-order chi connectivity index (χ1) is 13.7. The van der Waals surface area contributed by atoms with Crippen LogP contribution in [0.1, 0.15) is 12.1 Å². The quantitative estimate of drug-likeness (QED) is 0.403. The van der Waals surface area contributed by atoms with Gasteiger partial charge in [0.25, 0.3) is 10.0 Å². The summed E-state index contributed by atoms with van der Waals surface area (Å²) in [4.78, 5) is 26.1. The van der Waals surface area contributed by atoms with E-state index in [1.165, 1.54) is 10.9 Å². The normalized spacial score (nSPS) is 11.5. The van der Waals surface area contributed by atoms with Crippen LogP contribution < -0.4 is 15.2 Å². The summed E-state index contributed by atoms with van der Waals surface area (Å²) in [7, 11) is -3.87. The zero-order valence-electron chi connectivity index (χ0n) is 14.8. The Morgan fingerprint density at radius 3 is 2.86 bits per heavy atom. The van der Waals surface area contributed by atoms with Crippen molar-refractivity contribution in [2.24, 2.45) is 5.14 Å². The molecule has 1 amide bonds. The molecule has 12 nitrogen and oxygen atoms in total. The maximum atomic E-state index is 11.7. The third-order valence-corrected chi connectivity index (χ3v) is 5.86. The highest BCUT2D eigenvalue weighted by atomic mass is 32.2. The molecular weight excluding hydrogens is 424 g/mol. The zero-order valence-corrected chi connectivity index (χ0v) is 16.4. The van der Waals surface area contributed by atoms with Crippen LogP contribution in [0, 0.1) is 0 Å². The molecular formula is C15H16N6O6S2. The second kappa shape index (κ2) is 8.50. The molecule has 14 heteroatoms. The molecule has 0 spiro atoms. The van der Waals surface area contributed by atoms with Crippen molar-refractivity contribution >= 4 is 43.5 Å². The number of thiazole rings is 1. The Bertz CT molecular complexity index is 1160. The Morgan fingerprint density at radius 2 is 2.14 bits per heavy atom. The molecule has 0 saturated carbocycles. The second-order valence-corrected chi connectivity index (χ2v) is 8.61. The number of aliphatic carboxylic acids is 1. The summed E-state index contributed by atoms with van der Waals surface area (Å²) in [6.45, 7) is 0.00876. The average molecular weight is 440 g/mol. The summed E-state index contributed by atoms with van der Waals surface area (Å²) in [6.07, 6.45) is 1.37. The Balaban J connectivity index is 1.56. The van der Waals surface area contributed by atoms with Crippen molar-refractivity contribution in [2.75, 3.05) is 6.54 Å². The number of nitrogens with one attached hydrogen (secondary N) is 1. The SMILES string of the molecule is NS(=O)(=O)c1nc2ccc(OCc3cn(CC(=O)NCCC(=O)O)nn3)cc2s1. The van der Waals surface area contributed by atoms with Crippen LogP contribution >= 0.6 is 11.3 Å². The monoisotopic (exact) mass is 440 g/mol. The standard InChI is InChI=1S/C15H16N6O6S2/c16-29(25,26)15-18-11-2-1-10(5-12(11)28-15)27-8-9-6-21(20-19-9)7-13(22)17-4-3-14(23)24/h1-2,5-6H,3-4,7-8H2,(H,17,22)(H,23,24)(H2,16,25,26). The van der Waals surface area contributed by atoms with Crippen LogP contribution in [0.5, 0.6) is 5.75 Å². The molecule has 0 unspecified atom stereocenters. The van der Waals surface area contributed by atoms with Gasteiger partial charge in [0, 0.05) is 6.54 Å². The highest BCUT2D eigenvalue weighted by Crippen LogP contribution is 2.28. The number of hydrogen-bond donors (Lipinski definition) is 3. The molecule has 0 aliphatic heterocycles. The first-order valence-corrected chi connectivity index (χ1v) is 10.5. The van der Waals surface area contributed by atoms with E-state index in [4.69, 9.17) is 15.0 Å². The molecule has 154 valence electrons. The number of nitrogens with zero attached hydrogens (tertiary/aromatic N) is 4. The summed E-state index contributed by atoms with van der Waals surface area (Å²) in [5.41, 5.74) is 0.962. The molecule has 4 N–H and O–H groups in total. The third-order valence-electron chi connectivity index (χ3n) is 3.52. The molecule has 2 heterocycles. The Kier molecular flexibility index (Phi) is 6.05.